The maximum atomic E-state index is 5.81. The molecule has 18 heavy (non-hydrogen) atoms. The summed E-state index contributed by atoms with van der Waals surface area (Å²) in [7, 11) is 3.85. The summed E-state index contributed by atoms with van der Waals surface area (Å²) in [5.41, 5.74) is 7.81. The molecule has 1 aliphatic heterocycles. The first-order valence-corrected chi connectivity index (χ1v) is 6.52. The van der Waals surface area contributed by atoms with Gasteiger partial charge in [-0.1, -0.05) is 6.07 Å². The number of hydrogen-bond donors (Lipinski definition) is 1. The van der Waals surface area contributed by atoms with Gasteiger partial charge in [-0.05, 0) is 31.2 Å². The van der Waals surface area contributed by atoms with Crippen molar-refractivity contribution in [2.45, 2.75) is 6.42 Å². The van der Waals surface area contributed by atoms with Gasteiger partial charge in [-0.2, -0.15) is 0 Å². The Morgan fingerprint density at radius 3 is 2.61 bits per heavy atom. The minimum atomic E-state index is 0.709. The highest BCUT2D eigenvalue weighted by atomic mass is 16.5. The lowest BCUT2D eigenvalue weighted by Gasteiger charge is -2.32. The van der Waals surface area contributed by atoms with Crippen LogP contribution in [0, 0.1) is 0 Å². The van der Waals surface area contributed by atoms with Gasteiger partial charge in [-0.15, -0.1) is 0 Å². The van der Waals surface area contributed by atoms with Crippen LogP contribution < -0.4 is 10.5 Å². The Morgan fingerprint density at radius 2 is 1.94 bits per heavy atom. The van der Waals surface area contributed by atoms with Crippen molar-refractivity contribution in [2.24, 2.45) is 0 Å². The number of ether oxygens (including phenoxy) is 1. The van der Waals surface area contributed by atoms with E-state index in [2.05, 4.69) is 22.9 Å². The summed E-state index contributed by atoms with van der Waals surface area (Å²) in [6.45, 7) is 5.79. The zero-order valence-corrected chi connectivity index (χ0v) is 11.4. The van der Waals surface area contributed by atoms with Crippen LogP contribution in [0.25, 0.3) is 0 Å². The quantitative estimate of drug-likeness (QED) is 0.810. The summed E-state index contributed by atoms with van der Waals surface area (Å²) >= 11 is 0. The molecule has 0 aliphatic carbocycles. The number of likely N-dealkylation sites (N-methyl/N-ethyl adjacent to an activating group) is 1. The molecule has 100 valence electrons. The lowest BCUT2D eigenvalue weighted by atomic mass is 10.1. The molecule has 4 nitrogen and oxygen atoms in total. The predicted molar refractivity (Wildman–Crippen MR) is 75.0 cm³/mol. The molecule has 4 heteroatoms. The van der Waals surface area contributed by atoms with Crippen LogP contribution in [-0.2, 0) is 6.42 Å². The van der Waals surface area contributed by atoms with Gasteiger partial charge in [-0.3, -0.25) is 0 Å². The molecule has 0 spiro atoms. The second-order valence-corrected chi connectivity index (χ2v) is 4.97. The zero-order chi connectivity index (χ0) is 13.0. The van der Waals surface area contributed by atoms with E-state index in [4.69, 9.17) is 10.5 Å². The summed E-state index contributed by atoms with van der Waals surface area (Å²) in [5.74, 6) is 0.783. The molecular formula is C14H23N3O. The van der Waals surface area contributed by atoms with E-state index in [1.54, 1.807) is 7.11 Å². The highest BCUT2D eigenvalue weighted by molar-refractivity contribution is 5.53. The van der Waals surface area contributed by atoms with Crippen molar-refractivity contribution in [2.75, 3.05) is 52.6 Å². The number of nitrogen functional groups attached to an aromatic ring is 1. The van der Waals surface area contributed by atoms with Gasteiger partial charge in [0.05, 0.1) is 12.8 Å². The lowest BCUT2D eigenvalue weighted by Crippen LogP contribution is -2.45. The second kappa shape index (κ2) is 6.07. The third-order valence-electron chi connectivity index (χ3n) is 3.61. The van der Waals surface area contributed by atoms with E-state index in [9.17, 15) is 0 Å². The SMILES string of the molecule is COc1cc(CCN2CCN(C)CC2)ccc1N. The molecule has 1 saturated heterocycles. The summed E-state index contributed by atoms with van der Waals surface area (Å²) in [5, 5.41) is 0. The first-order chi connectivity index (χ1) is 8.69. The molecule has 1 aliphatic rings. The van der Waals surface area contributed by atoms with Crippen molar-refractivity contribution in [3.05, 3.63) is 23.8 Å². The van der Waals surface area contributed by atoms with Crippen LogP contribution in [0.5, 0.6) is 5.75 Å². The van der Waals surface area contributed by atoms with Crippen LogP contribution in [0.1, 0.15) is 5.56 Å². The molecule has 1 fully saturated rings. The summed E-state index contributed by atoms with van der Waals surface area (Å²) < 4.78 is 5.25. The summed E-state index contributed by atoms with van der Waals surface area (Å²) in [6, 6.07) is 6.07. The lowest BCUT2D eigenvalue weighted by molar-refractivity contribution is 0.155. The molecule has 1 heterocycles. The molecule has 0 atom stereocenters. The number of nitrogens with zero attached hydrogens (tertiary/aromatic N) is 2. The molecule has 2 rings (SSSR count). The Morgan fingerprint density at radius 1 is 1.22 bits per heavy atom. The molecular weight excluding hydrogens is 226 g/mol. The van der Waals surface area contributed by atoms with Gasteiger partial charge in [0.2, 0.25) is 0 Å². The van der Waals surface area contributed by atoms with Gasteiger partial charge in [0.1, 0.15) is 5.75 Å². The fraction of sp³-hybridized carbons (Fsp3) is 0.571. The maximum Gasteiger partial charge on any atom is 0.142 e. The van der Waals surface area contributed by atoms with E-state index in [0.29, 0.717) is 5.69 Å². The van der Waals surface area contributed by atoms with Crippen LogP contribution >= 0.6 is 0 Å². The van der Waals surface area contributed by atoms with Gasteiger partial charge < -0.3 is 20.3 Å². The van der Waals surface area contributed by atoms with E-state index < -0.39 is 0 Å². The Bertz CT molecular complexity index is 387. The maximum absolute atomic E-state index is 5.81. The van der Waals surface area contributed by atoms with Crippen molar-refractivity contribution in [3.8, 4) is 5.75 Å². The first kappa shape index (κ1) is 13.2. The molecule has 0 radical (unpaired) electrons. The molecule has 0 unspecified atom stereocenters. The average molecular weight is 249 g/mol. The van der Waals surface area contributed by atoms with Gasteiger partial charge in [-0.25, -0.2) is 0 Å². The minimum absolute atomic E-state index is 0.709. The fourth-order valence-electron chi connectivity index (χ4n) is 2.27. The minimum Gasteiger partial charge on any atom is -0.495 e. The van der Waals surface area contributed by atoms with Crippen molar-refractivity contribution < 1.29 is 4.74 Å². The second-order valence-electron chi connectivity index (χ2n) is 4.97. The first-order valence-electron chi connectivity index (χ1n) is 6.52. The fourth-order valence-corrected chi connectivity index (χ4v) is 2.27. The van der Waals surface area contributed by atoms with Gasteiger partial charge in [0.15, 0.2) is 0 Å². The standard InChI is InChI=1S/C14H23N3O/c1-16-7-9-17(10-8-16)6-5-12-3-4-13(15)14(11-12)18-2/h3-4,11H,5-10,15H2,1-2H3. The topological polar surface area (TPSA) is 41.7 Å². The smallest absolute Gasteiger partial charge is 0.142 e. The van der Waals surface area contributed by atoms with Crippen LogP contribution in [-0.4, -0.2) is 56.7 Å². The zero-order valence-electron chi connectivity index (χ0n) is 11.4. The van der Waals surface area contributed by atoms with Gasteiger partial charge >= 0.3 is 0 Å². The van der Waals surface area contributed by atoms with Crippen LogP contribution in [0.3, 0.4) is 0 Å². The number of piperazine rings is 1. The van der Waals surface area contributed by atoms with Crippen LogP contribution in [0.4, 0.5) is 5.69 Å². The van der Waals surface area contributed by atoms with Crippen LogP contribution in [0.2, 0.25) is 0 Å². The van der Waals surface area contributed by atoms with E-state index in [1.807, 2.05) is 12.1 Å². The van der Waals surface area contributed by atoms with Crippen molar-refractivity contribution in [1.82, 2.24) is 9.80 Å². The molecule has 1 aromatic carbocycles. The third-order valence-corrected chi connectivity index (χ3v) is 3.61. The number of hydrogen-bond acceptors (Lipinski definition) is 4. The summed E-state index contributed by atoms with van der Waals surface area (Å²) in [6.07, 6.45) is 1.06. The number of nitrogens with two attached hydrogens (primary N) is 1. The van der Waals surface area contributed by atoms with Crippen molar-refractivity contribution >= 4 is 5.69 Å². The third kappa shape index (κ3) is 3.37. The van der Waals surface area contributed by atoms with E-state index in [0.717, 1.165) is 18.7 Å². The normalized spacial score (nSPS) is 17.9. The van der Waals surface area contributed by atoms with E-state index >= 15 is 0 Å². The number of benzene rings is 1. The molecule has 2 N–H and O–H groups in total. The molecule has 1 aromatic rings. The molecule has 0 aromatic heterocycles. The van der Waals surface area contributed by atoms with Crippen LogP contribution in [0.15, 0.2) is 18.2 Å². The highest BCUT2D eigenvalue weighted by Gasteiger charge is 2.13. The van der Waals surface area contributed by atoms with Gasteiger partial charge in [0, 0.05) is 32.7 Å². The monoisotopic (exact) mass is 249 g/mol. The number of methoxy groups -OCH3 is 1. The van der Waals surface area contributed by atoms with Crippen molar-refractivity contribution in [3.63, 3.8) is 0 Å². The van der Waals surface area contributed by atoms with Crippen molar-refractivity contribution in [1.29, 1.82) is 0 Å². The largest absolute Gasteiger partial charge is 0.495 e. The highest BCUT2D eigenvalue weighted by Crippen LogP contribution is 2.22. The van der Waals surface area contributed by atoms with E-state index in [-0.39, 0.29) is 0 Å². The summed E-state index contributed by atoms with van der Waals surface area (Å²) in [4.78, 5) is 4.89. The van der Waals surface area contributed by atoms with Gasteiger partial charge in [0.25, 0.3) is 0 Å². The Balaban J connectivity index is 1.86. The molecule has 0 amide bonds. The Hall–Kier alpha value is -1.26. The Labute approximate surface area is 109 Å². The Kier molecular flexibility index (Phi) is 4.44. The predicted octanol–water partition coefficient (Wildman–Crippen LogP) is 1.07. The average Bonchev–Trinajstić information content (AvgIpc) is 2.39. The number of anilines is 1. The van der Waals surface area contributed by atoms with E-state index in [1.165, 1.54) is 31.7 Å². The number of rotatable bonds is 4. The molecule has 0 saturated carbocycles. The molecule has 0 bridgehead atoms.